The van der Waals surface area contributed by atoms with E-state index in [2.05, 4.69) is 15.3 Å². The second-order valence-electron chi connectivity index (χ2n) is 5.97. The normalized spacial score (nSPS) is 12.1. The molecule has 1 atom stereocenters. The van der Waals surface area contributed by atoms with Crippen molar-refractivity contribution in [2.24, 2.45) is 0 Å². The second-order valence-corrected chi connectivity index (χ2v) is 7.72. The van der Waals surface area contributed by atoms with Crippen LogP contribution in [0.4, 0.5) is 5.82 Å². The molecule has 2 heterocycles. The number of hydrogen-bond donors (Lipinski definition) is 1. The molecule has 146 valence electrons. The van der Waals surface area contributed by atoms with Gasteiger partial charge in [-0.3, -0.25) is 14.2 Å². The van der Waals surface area contributed by atoms with E-state index in [0.717, 1.165) is 0 Å². The Kier molecular flexibility index (Phi) is 6.66. The first kappa shape index (κ1) is 20.3. The van der Waals surface area contributed by atoms with Crippen molar-refractivity contribution >= 4 is 46.0 Å². The number of nitrogens with zero attached hydrogens (tertiary/aromatic N) is 3. The van der Waals surface area contributed by atoms with Crippen LogP contribution in [-0.4, -0.2) is 39.4 Å². The predicted octanol–water partition coefficient (Wildman–Crippen LogP) is 3.21. The lowest BCUT2D eigenvalue weighted by Crippen LogP contribution is -2.28. The zero-order valence-corrected chi connectivity index (χ0v) is 17.0. The Morgan fingerprint density at radius 2 is 2.11 bits per heavy atom. The Morgan fingerprint density at radius 1 is 1.32 bits per heavy atom. The second kappa shape index (κ2) is 9.18. The zero-order chi connectivity index (χ0) is 20.1. The number of pyridine rings is 1. The maximum atomic E-state index is 12.9. The van der Waals surface area contributed by atoms with Crippen LogP contribution in [0.15, 0.2) is 52.5 Å². The summed E-state index contributed by atoms with van der Waals surface area (Å²) in [5, 5.41) is 3.72. The van der Waals surface area contributed by atoms with Gasteiger partial charge in [-0.05, 0) is 31.2 Å². The summed E-state index contributed by atoms with van der Waals surface area (Å²) in [6.45, 7) is 2.46. The molecule has 9 heteroatoms. The molecule has 2 aromatic heterocycles. The lowest BCUT2D eigenvalue weighted by atomic mass is 10.2. The van der Waals surface area contributed by atoms with Gasteiger partial charge in [0, 0.05) is 13.3 Å². The van der Waals surface area contributed by atoms with Crippen LogP contribution in [-0.2, 0) is 16.1 Å². The zero-order valence-electron chi connectivity index (χ0n) is 15.4. The van der Waals surface area contributed by atoms with Crippen LogP contribution in [0.3, 0.4) is 0 Å². The topological polar surface area (TPSA) is 86.1 Å². The van der Waals surface area contributed by atoms with Gasteiger partial charge in [-0.1, -0.05) is 35.5 Å². The van der Waals surface area contributed by atoms with Gasteiger partial charge in [-0.25, -0.2) is 9.97 Å². The lowest BCUT2D eigenvalue weighted by Gasteiger charge is -2.16. The highest BCUT2D eigenvalue weighted by molar-refractivity contribution is 8.00. The third kappa shape index (κ3) is 4.70. The smallest absolute Gasteiger partial charge is 0.262 e. The summed E-state index contributed by atoms with van der Waals surface area (Å²) in [7, 11) is 1.57. The molecule has 0 spiro atoms. The van der Waals surface area contributed by atoms with Crippen molar-refractivity contribution in [1.29, 1.82) is 0 Å². The van der Waals surface area contributed by atoms with E-state index in [1.54, 1.807) is 48.9 Å². The first-order valence-electron chi connectivity index (χ1n) is 8.57. The van der Waals surface area contributed by atoms with E-state index in [1.807, 2.05) is 6.07 Å². The minimum absolute atomic E-state index is 0.155. The largest absolute Gasteiger partial charge is 0.383 e. The van der Waals surface area contributed by atoms with E-state index in [1.165, 1.54) is 18.0 Å². The summed E-state index contributed by atoms with van der Waals surface area (Å²) in [6.07, 6.45) is 1.46. The summed E-state index contributed by atoms with van der Waals surface area (Å²) in [5.74, 6) is 0.158. The Balaban J connectivity index is 1.86. The molecule has 3 rings (SSSR count). The standard InChI is InChI=1S/C19H19ClN4O3S/c1-12(17(25)23-16-8-7-13(20)11-21-16)28-19-22-15-6-4-3-5-14(15)18(26)24(19)9-10-27-2/h3-8,11-12H,9-10H2,1-2H3,(H,21,23,25)/t12-/m1/s1. The first-order valence-corrected chi connectivity index (χ1v) is 9.83. The Bertz CT molecular complexity index is 1040. The van der Waals surface area contributed by atoms with Crippen molar-refractivity contribution in [3.63, 3.8) is 0 Å². The number of fused-ring (bicyclic) bond motifs is 1. The number of nitrogens with one attached hydrogen (secondary N) is 1. The molecule has 7 nitrogen and oxygen atoms in total. The third-order valence-electron chi connectivity index (χ3n) is 3.98. The molecule has 0 aliphatic carbocycles. The Hall–Kier alpha value is -2.42. The van der Waals surface area contributed by atoms with Gasteiger partial charge < -0.3 is 10.1 Å². The molecule has 0 saturated carbocycles. The Labute approximate surface area is 171 Å². The van der Waals surface area contributed by atoms with Crippen molar-refractivity contribution in [1.82, 2.24) is 14.5 Å². The number of amides is 1. The fourth-order valence-corrected chi connectivity index (χ4v) is 3.55. The summed E-state index contributed by atoms with van der Waals surface area (Å²) >= 11 is 7.02. The molecule has 28 heavy (non-hydrogen) atoms. The van der Waals surface area contributed by atoms with Crippen LogP contribution in [0.5, 0.6) is 0 Å². The van der Waals surface area contributed by atoms with Crippen LogP contribution in [0.25, 0.3) is 10.9 Å². The quantitative estimate of drug-likeness (QED) is 0.468. The van der Waals surface area contributed by atoms with E-state index in [4.69, 9.17) is 16.3 Å². The molecule has 1 aromatic carbocycles. The summed E-state index contributed by atoms with van der Waals surface area (Å²) in [6, 6.07) is 10.4. The molecular weight excluding hydrogens is 400 g/mol. The third-order valence-corrected chi connectivity index (χ3v) is 5.29. The van der Waals surface area contributed by atoms with Gasteiger partial charge in [0.15, 0.2) is 5.16 Å². The van der Waals surface area contributed by atoms with Crippen molar-refractivity contribution in [2.45, 2.75) is 23.9 Å². The van der Waals surface area contributed by atoms with Crippen molar-refractivity contribution in [2.75, 3.05) is 19.0 Å². The lowest BCUT2D eigenvalue weighted by molar-refractivity contribution is -0.115. The number of anilines is 1. The molecule has 0 saturated heterocycles. The number of aromatic nitrogens is 3. The first-order chi connectivity index (χ1) is 13.5. The molecule has 0 unspecified atom stereocenters. The summed E-state index contributed by atoms with van der Waals surface area (Å²) in [5.41, 5.74) is 0.438. The van der Waals surface area contributed by atoms with Crippen molar-refractivity contribution in [3.05, 3.63) is 58.0 Å². The summed E-state index contributed by atoms with van der Waals surface area (Å²) < 4.78 is 6.66. The van der Waals surface area contributed by atoms with E-state index >= 15 is 0 Å². The van der Waals surface area contributed by atoms with Gasteiger partial charge in [0.2, 0.25) is 5.91 Å². The molecule has 0 aliphatic heterocycles. The van der Waals surface area contributed by atoms with Crippen LogP contribution in [0.1, 0.15) is 6.92 Å². The number of carbonyl (C=O) groups is 1. The number of thioether (sulfide) groups is 1. The van der Waals surface area contributed by atoms with Gasteiger partial charge in [0.05, 0.1) is 34.3 Å². The van der Waals surface area contributed by atoms with E-state index in [9.17, 15) is 9.59 Å². The van der Waals surface area contributed by atoms with Crippen molar-refractivity contribution in [3.8, 4) is 0 Å². The maximum absolute atomic E-state index is 12.9. The number of para-hydroxylation sites is 1. The number of benzene rings is 1. The summed E-state index contributed by atoms with van der Waals surface area (Å²) in [4.78, 5) is 34.0. The highest BCUT2D eigenvalue weighted by Gasteiger charge is 2.20. The minimum atomic E-state index is -0.501. The monoisotopic (exact) mass is 418 g/mol. The molecule has 0 bridgehead atoms. The van der Waals surface area contributed by atoms with Gasteiger partial charge in [0.25, 0.3) is 5.56 Å². The molecule has 1 amide bonds. The van der Waals surface area contributed by atoms with E-state index in [-0.39, 0.29) is 11.5 Å². The fraction of sp³-hybridized carbons (Fsp3) is 0.263. The van der Waals surface area contributed by atoms with Crippen LogP contribution in [0, 0.1) is 0 Å². The number of methoxy groups -OCH3 is 1. The highest BCUT2D eigenvalue weighted by Crippen LogP contribution is 2.23. The highest BCUT2D eigenvalue weighted by atomic mass is 35.5. The Morgan fingerprint density at radius 3 is 2.82 bits per heavy atom. The average molecular weight is 419 g/mol. The van der Waals surface area contributed by atoms with Gasteiger partial charge in [-0.15, -0.1) is 0 Å². The van der Waals surface area contributed by atoms with Gasteiger partial charge >= 0.3 is 0 Å². The van der Waals surface area contributed by atoms with Crippen molar-refractivity contribution < 1.29 is 9.53 Å². The van der Waals surface area contributed by atoms with E-state index in [0.29, 0.717) is 40.1 Å². The number of ether oxygens (including phenoxy) is 1. The maximum Gasteiger partial charge on any atom is 0.262 e. The van der Waals surface area contributed by atoms with Crippen LogP contribution in [0.2, 0.25) is 5.02 Å². The predicted molar refractivity (Wildman–Crippen MR) is 111 cm³/mol. The molecule has 0 fully saturated rings. The number of halogens is 1. The number of carbonyl (C=O) groups excluding carboxylic acids is 1. The van der Waals surface area contributed by atoms with Gasteiger partial charge in [0.1, 0.15) is 5.82 Å². The molecule has 3 aromatic rings. The van der Waals surface area contributed by atoms with Gasteiger partial charge in [-0.2, -0.15) is 0 Å². The molecular formula is C19H19ClN4O3S. The fourth-order valence-electron chi connectivity index (χ4n) is 2.51. The SMILES string of the molecule is COCCn1c(S[C@H](C)C(=O)Nc2ccc(Cl)cn2)nc2ccccc2c1=O. The average Bonchev–Trinajstić information content (AvgIpc) is 2.69. The molecule has 0 aliphatic rings. The minimum Gasteiger partial charge on any atom is -0.383 e. The molecule has 0 radical (unpaired) electrons. The molecule has 1 N–H and O–H groups in total. The number of rotatable bonds is 7. The van der Waals surface area contributed by atoms with Crippen LogP contribution < -0.4 is 10.9 Å². The number of hydrogen-bond acceptors (Lipinski definition) is 6. The van der Waals surface area contributed by atoms with Crippen LogP contribution >= 0.6 is 23.4 Å². The van der Waals surface area contributed by atoms with E-state index < -0.39 is 5.25 Å².